The van der Waals surface area contributed by atoms with Crippen LogP contribution in [0.2, 0.25) is 0 Å². The molecular formula is C6H12NNaOS2. The van der Waals surface area contributed by atoms with Crippen LogP contribution in [0.15, 0.2) is 0 Å². The van der Waals surface area contributed by atoms with Gasteiger partial charge in [-0.05, 0) is 19.3 Å². The maximum Gasteiger partial charge on any atom is 1.00 e. The van der Waals surface area contributed by atoms with Crippen molar-refractivity contribution in [2.75, 3.05) is 13.1 Å². The molecule has 0 spiro atoms. The van der Waals surface area contributed by atoms with Gasteiger partial charge in [-0.25, -0.2) is 0 Å². The zero-order valence-electron chi connectivity index (χ0n) is 6.80. The summed E-state index contributed by atoms with van der Waals surface area (Å²) in [6, 6.07) is 0. The molecule has 1 aliphatic heterocycles. The third kappa shape index (κ3) is 5.33. The molecule has 0 aromatic carbocycles. The van der Waals surface area contributed by atoms with E-state index in [1.54, 1.807) is 0 Å². The van der Waals surface area contributed by atoms with Gasteiger partial charge in [-0.1, -0.05) is 4.32 Å². The minimum atomic E-state index is 0. The third-order valence-electron chi connectivity index (χ3n) is 1.61. The number of hydrogen-bond acceptors (Lipinski definition) is 2. The SMILES string of the molecule is O.S=C([S-])N1CCCCC1.[Na+]. The average molecular weight is 201 g/mol. The second-order valence-electron chi connectivity index (χ2n) is 2.31. The van der Waals surface area contributed by atoms with Crippen molar-refractivity contribution in [2.45, 2.75) is 19.3 Å². The molecule has 0 saturated carbocycles. The summed E-state index contributed by atoms with van der Waals surface area (Å²) in [5, 5.41) is 0. The summed E-state index contributed by atoms with van der Waals surface area (Å²) in [7, 11) is 0. The second kappa shape index (κ2) is 7.71. The van der Waals surface area contributed by atoms with Crippen molar-refractivity contribution in [1.82, 2.24) is 4.90 Å². The van der Waals surface area contributed by atoms with Crippen molar-refractivity contribution in [1.29, 1.82) is 0 Å². The number of likely N-dealkylation sites (tertiary alicyclic amines) is 1. The summed E-state index contributed by atoms with van der Waals surface area (Å²) in [6.07, 6.45) is 3.86. The zero-order valence-corrected chi connectivity index (χ0v) is 10.4. The molecule has 1 rings (SSSR count). The van der Waals surface area contributed by atoms with E-state index in [9.17, 15) is 0 Å². The standard InChI is InChI=1S/C6H11NS2.Na.H2O/c8-6(9)7-4-2-1-3-5-7;;/h1-5H2,(H,8,9);;1H2/q;+1;/p-1. The summed E-state index contributed by atoms with van der Waals surface area (Å²) < 4.78 is 0.648. The van der Waals surface area contributed by atoms with Crippen LogP contribution in [0.1, 0.15) is 19.3 Å². The predicted octanol–water partition coefficient (Wildman–Crippen LogP) is -2.52. The smallest absolute Gasteiger partial charge is 0.412 e. The fourth-order valence-corrected chi connectivity index (χ4v) is 1.44. The van der Waals surface area contributed by atoms with Gasteiger partial charge in [0.15, 0.2) is 0 Å². The van der Waals surface area contributed by atoms with Crippen LogP contribution in [0.4, 0.5) is 0 Å². The van der Waals surface area contributed by atoms with Gasteiger partial charge in [0, 0.05) is 13.1 Å². The van der Waals surface area contributed by atoms with E-state index in [0.29, 0.717) is 4.32 Å². The Morgan fingerprint density at radius 3 is 1.91 bits per heavy atom. The van der Waals surface area contributed by atoms with E-state index < -0.39 is 0 Å². The number of nitrogens with zero attached hydrogens (tertiary/aromatic N) is 1. The molecule has 0 aromatic heterocycles. The Morgan fingerprint density at radius 1 is 1.18 bits per heavy atom. The Kier molecular flexibility index (Phi) is 10.2. The van der Waals surface area contributed by atoms with Gasteiger partial charge in [-0.2, -0.15) is 0 Å². The van der Waals surface area contributed by atoms with E-state index in [1.807, 2.05) is 0 Å². The molecule has 0 radical (unpaired) electrons. The molecule has 2 N–H and O–H groups in total. The predicted molar refractivity (Wildman–Crippen MR) is 49.0 cm³/mol. The zero-order chi connectivity index (χ0) is 6.69. The van der Waals surface area contributed by atoms with Crippen LogP contribution >= 0.6 is 12.2 Å². The van der Waals surface area contributed by atoms with Gasteiger partial charge in [0.1, 0.15) is 0 Å². The Labute approximate surface area is 101 Å². The van der Waals surface area contributed by atoms with Gasteiger partial charge in [-0.3, -0.25) is 0 Å². The summed E-state index contributed by atoms with van der Waals surface area (Å²) in [5.41, 5.74) is 0. The van der Waals surface area contributed by atoms with Crippen molar-refractivity contribution in [3.8, 4) is 0 Å². The van der Waals surface area contributed by atoms with Crippen LogP contribution in [0.5, 0.6) is 0 Å². The largest absolute Gasteiger partial charge is 1.00 e. The molecule has 0 amide bonds. The summed E-state index contributed by atoms with van der Waals surface area (Å²) in [4.78, 5) is 2.11. The molecule has 2 nitrogen and oxygen atoms in total. The molecule has 1 saturated heterocycles. The third-order valence-corrected chi connectivity index (χ3v) is 2.13. The van der Waals surface area contributed by atoms with Crippen LogP contribution in [0, 0.1) is 0 Å². The maximum atomic E-state index is 4.86. The summed E-state index contributed by atoms with van der Waals surface area (Å²) in [5.74, 6) is 0. The molecule has 1 heterocycles. The minimum absolute atomic E-state index is 0. The van der Waals surface area contributed by atoms with Crippen LogP contribution < -0.4 is 29.6 Å². The number of hydrogen-bond donors (Lipinski definition) is 0. The molecule has 1 aliphatic rings. The van der Waals surface area contributed by atoms with Crippen molar-refractivity contribution >= 4 is 29.2 Å². The van der Waals surface area contributed by atoms with Crippen molar-refractivity contribution < 1.29 is 35.0 Å². The second-order valence-corrected chi connectivity index (χ2v) is 3.35. The molecule has 0 atom stereocenters. The minimum Gasteiger partial charge on any atom is -0.412 e. The Balaban J connectivity index is 0. The molecule has 60 valence electrons. The van der Waals surface area contributed by atoms with E-state index in [1.165, 1.54) is 19.3 Å². The number of rotatable bonds is 0. The van der Waals surface area contributed by atoms with Gasteiger partial charge in [-0.15, -0.1) is 0 Å². The first kappa shape index (κ1) is 14.6. The van der Waals surface area contributed by atoms with Crippen LogP contribution in [0.25, 0.3) is 0 Å². The monoisotopic (exact) mass is 201 g/mol. The first-order valence-corrected chi connectivity index (χ1v) is 4.08. The average Bonchev–Trinajstić information content (AvgIpc) is 1.90. The molecule has 5 heteroatoms. The quantitative estimate of drug-likeness (QED) is 0.246. The fourth-order valence-electron chi connectivity index (χ4n) is 1.08. The molecule has 11 heavy (non-hydrogen) atoms. The number of piperidine rings is 1. The van der Waals surface area contributed by atoms with Gasteiger partial charge in [0.05, 0.1) is 0 Å². The van der Waals surface area contributed by atoms with E-state index >= 15 is 0 Å². The van der Waals surface area contributed by atoms with Crippen molar-refractivity contribution in [3.63, 3.8) is 0 Å². The van der Waals surface area contributed by atoms with Gasteiger partial charge < -0.3 is 35.2 Å². The first-order valence-electron chi connectivity index (χ1n) is 3.26. The molecule has 0 aromatic rings. The van der Waals surface area contributed by atoms with Crippen LogP contribution in [-0.2, 0) is 12.6 Å². The van der Waals surface area contributed by atoms with Gasteiger partial charge in [0.2, 0.25) is 0 Å². The molecule has 1 fully saturated rings. The molecule has 0 aliphatic carbocycles. The Bertz CT molecular complexity index is 117. The van der Waals surface area contributed by atoms with Crippen LogP contribution in [0.3, 0.4) is 0 Å². The van der Waals surface area contributed by atoms with E-state index in [-0.39, 0.29) is 35.0 Å². The van der Waals surface area contributed by atoms with Crippen LogP contribution in [-0.4, -0.2) is 27.8 Å². The van der Waals surface area contributed by atoms with E-state index in [0.717, 1.165) is 13.1 Å². The molecule has 0 bridgehead atoms. The maximum absolute atomic E-state index is 4.86. The summed E-state index contributed by atoms with van der Waals surface area (Å²) in [6.45, 7) is 2.17. The first-order chi connectivity index (χ1) is 4.30. The Hall–Kier alpha value is 1.07. The fraction of sp³-hybridized carbons (Fsp3) is 0.833. The van der Waals surface area contributed by atoms with Gasteiger partial charge in [0.25, 0.3) is 0 Å². The normalized spacial score (nSPS) is 16.2. The topological polar surface area (TPSA) is 34.7 Å². The van der Waals surface area contributed by atoms with E-state index in [4.69, 9.17) is 24.8 Å². The Morgan fingerprint density at radius 2 is 1.64 bits per heavy atom. The van der Waals surface area contributed by atoms with Crippen molar-refractivity contribution in [3.05, 3.63) is 0 Å². The molecular weight excluding hydrogens is 189 g/mol. The number of thiocarbonyl (C=S) groups is 1. The van der Waals surface area contributed by atoms with Gasteiger partial charge >= 0.3 is 29.6 Å². The van der Waals surface area contributed by atoms with E-state index in [2.05, 4.69) is 4.90 Å². The molecule has 0 unspecified atom stereocenters. The summed E-state index contributed by atoms with van der Waals surface area (Å²) >= 11 is 9.71. The van der Waals surface area contributed by atoms with Crippen molar-refractivity contribution in [2.24, 2.45) is 0 Å².